The van der Waals surface area contributed by atoms with Gasteiger partial charge in [0.1, 0.15) is 11.4 Å². The van der Waals surface area contributed by atoms with Crippen molar-refractivity contribution in [3.63, 3.8) is 0 Å². The van der Waals surface area contributed by atoms with E-state index in [2.05, 4.69) is 15.6 Å². The molecule has 1 aliphatic rings. The number of amides is 2. The number of carbonyl (C=O) groups is 1. The van der Waals surface area contributed by atoms with E-state index < -0.39 is 0 Å². The van der Waals surface area contributed by atoms with Crippen molar-refractivity contribution >= 4 is 11.7 Å². The maximum absolute atomic E-state index is 12.3. The molecule has 1 aliphatic heterocycles. The molecule has 0 radical (unpaired) electrons. The van der Waals surface area contributed by atoms with E-state index in [1.54, 1.807) is 12.4 Å². The van der Waals surface area contributed by atoms with Gasteiger partial charge in [0.15, 0.2) is 0 Å². The van der Waals surface area contributed by atoms with E-state index in [1.807, 2.05) is 51.1 Å². The van der Waals surface area contributed by atoms with E-state index in [9.17, 15) is 4.79 Å². The van der Waals surface area contributed by atoms with Crippen LogP contribution in [0.1, 0.15) is 37.9 Å². The number of para-hydroxylation sites is 1. The van der Waals surface area contributed by atoms with Crippen LogP contribution in [0.2, 0.25) is 0 Å². The molecule has 0 fully saturated rings. The molecule has 23 heavy (non-hydrogen) atoms. The Bertz CT molecular complexity index is 713. The van der Waals surface area contributed by atoms with Gasteiger partial charge < -0.3 is 15.4 Å². The molecular formula is C18H21N3O2. The molecule has 2 N–H and O–H groups in total. The summed E-state index contributed by atoms with van der Waals surface area (Å²) in [6.45, 7) is 6.02. The lowest BCUT2D eigenvalue weighted by atomic mass is 10.0. The van der Waals surface area contributed by atoms with Crippen LogP contribution in [0, 0.1) is 0 Å². The van der Waals surface area contributed by atoms with E-state index in [-0.39, 0.29) is 17.7 Å². The number of anilines is 1. The van der Waals surface area contributed by atoms with E-state index in [1.165, 1.54) is 0 Å². The summed E-state index contributed by atoms with van der Waals surface area (Å²) in [6.07, 6.45) is 4.27. The van der Waals surface area contributed by atoms with Crippen LogP contribution < -0.4 is 15.4 Å². The van der Waals surface area contributed by atoms with Crippen LogP contribution in [0.25, 0.3) is 0 Å². The summed E-state index contributed by atoms with van der Waals surface area (Å²) in [4.78, 5) is 16.2. The Morgan fingerprint density at radius 2 is 2.00 bits per heavy atom. The Morgan fingerprint density at radius 1 is 1.26 bits per heavy atom. The highest BCUT2D eigenvalue weighted by molar-refractivity contribution is 5.91. The SMILES string of the molecule is C[C@H](NC(=O)Nc1cccc2c1OC(C)(C)C2)c1ccncc1. The van der Waals surface area contributed by atoms with Crippen LogP contribution in [-0.2, 0) is 6.42 Å². The van der Waals surface area contributed by atoms with Gasteiger partial charge in [0.05, 0.1) is 11.7 Å². The van der Waals surface area contributed by atoms with Crippen LogP contribution in [-0.4, -0.2) is 16.6 Å². The van der Waals surface area contributed by atoms with Crippen molar-refractivity contribution in [3.05, 3.63) is 53.9 Å². The quantitative estimate of drug-likeness (QED) is 0.909. The first-order chi connectivity index (χ1) is 10.9. The molecular weight excluding hydrogens is 290 g/mol. The molecule has 2 amide bonds. The second-order valence-electron chi connectivity index (χ2n) is 6.43. The number of nitrogens with zero attached hydrogens (tertiary/aromatic N) is 1. The number of ether oxygens (including phenoxy) is 1. The fourth-order valence-electron chi connectivity index (χ4n) is 2.80. The Hall–Kier alpha value is -2.56. The monoisotopic (exact) mass is 311 g/mol. The van der Waals surface area contributed by atoms with E-state index in [4.69, 9.17) is 4.74 Å². The molecule has 0 bridgehead atoms. The minimum Gasteiger partial charge on any atom is -0.485 e. The topological polar surface area (TPSA) is 63.2 Å². The first kappa shape index (κ1) is 15.3. The summed E-state index contributed by atoms with van der Waals surface area (Å²) >= 11 is 0. The van der Waals surface area contributed by atoms with Crippen LogP contribution in [0.4, 0.5) is 10.5 Å². The molecule has 5 heteroatoms. The molecule has 1 atom stereocenters. The van der Waals surface area contributed by atoms with Crippen LogP contribution in [0.5, 0.6) is 5.75 Å². The molecule has 0 saturated heterocycles. The number of pyridine rings is 1. The van der Waals surface area contributed by atoms with Crippen molar-refractivity contribution in [1.29, 1.82) is 0 Å². The van der Waals surface area contributed by atoms with Gasteiger partial charge in [0.25, 0.3) is 0 Å². The highest BCUT2D eigenvalue weighted by Crippen LogP contribution is 2.40. The second kappa shape index (κ2) is 5.91. The molecule has 2 heterocycles. The molecule has 3 rings (SSSR count). The summed E-state index contributed by atoms with van der Waals surface area (Å²) in [7, 11) is 0. The molecule has 0 unspecified atom stereocenters. The number of hydrogen-bond acceptors (Lipinski definition) is 3. The third kappa shape index (κ3) is 3.44. The van der Waals surface area contributed by atoms with Gasteiger partial charge in [0.2, 0.25) is 0 Å². The van der Waals surface area contributed by atoms with Gasteiger partial charge in [0, 0.05) is 24.4 Å². The first-order valence-corrected chi connectivity index (χ1v) is 7.73. The third-order valence-electron chi connectivity index (χ3n) is 3.89. The first-order valence-electron chi connectivity index (χ1n) is 7.73. The summed E-state index contributed by atoms with van der Waals surface area (Å²) in [5, 5.41) is 5.81. The van der Waals surface area contributed by atoms with Gasteiger partial charge in [-0.1, -0.05) is 12.1 Å². The Kier molecular flexibility index (Phi) is 3.94. The highest BCUT2D eigenvalue weighted by Gasteiger charge is 2.32. The summed E-state index contributed by atoms with van der Waals surface area (Å²) in [6, 6.07) is 9.24. The van der Waals surface area contributed by atoms with Crippen molar-refractivity contribution in [2.75, 3.05) is 5.32 Å². The minimum atomic E-state index is -0.254. The number of hydrogen-bond donors (Lipinski definition) is 2. The zero-order valence-electron chi connectivity index (χ0n) is 13.6. The maximum Gasteiger partial charge on any atom is 0.319 e. The van der Waals surface area contributed by atoms with Crippen LogP contribution in [0.3, 0.4) is 0 Å². The predicted molar refractivity (Wildman–Crippen MR) is 89.7 cm³/mol. The standard InChI is InChI=1S/C18H21N3O2/c1-12(13-7-9-19-10-8-13)20-17(22)21-15-6-4-5-14-11-18(2,3)23-16(14)15/h4-10,12H,11H2,1-3H3,(H2,20,21,22)/t12-/m0/s1. The normalized spacial score (nSPS) is 16.1. The summed E-state index contributed by atoms with van der Waals surface area (Å²) in [5.41, 5.74) is 2.59. The number of nitrogens with one attached hydrogen (secondary N) is 2. The molecule has 1 aromatic heterocycles. The average Bonchev–Trinajstić information content (AvgIpc) is 2.83. The number of aromatic nitrogens is 1. The minimum absolute atomic E-state index is 0.105. The molecule has 0 aliphatic carbocycles. The Morgan fingerprint density at radius 3 is 2.74 bits per heavy atom. The van der Waals surface area contributed by atoms with Gasteiger partial charge in [-0.25, -0.2) is 4.79 Å². The largest absolute Gasteiger partial charge is 0.485 e. The van der Waals surface area contributed by atoms with Gasteiger partial charge in [-0.15, -0.1) is 0 Å². The second-order valence-corrected chi connectivity index (χ2v) is 6.43. The lowest BCUT2D eigenvalue weighted by Gasteiger charge is -2.19. The maximum atomic E-state index is 12.3. The Labute approximate surface area is 136 Å². The van der Waals surface area contributed by atoms with Crippen molar-refractivity contribution in [2.45, 2.75) is 38.8 Å². The van der Waals surface area contributed by atoms with Crippen molar-refractivity contribution in [3.8, 4) is 5.75 Å². The zero-order chi connectivity index (χ0) is 16.4. The van der Waals surface area contributed by atoms with Crippen molar-refractivity contribution in [2.24, 2.45) is 0 Å². The number of fused-ring (bicyclic) bond motifs is 1. The highest BCUT2D eigenvalue weighted by atomic mass is 16.5. The lowest BCUT2D eigenvalue weighted by molar-refractivity contribution is 0.139. The number of benzene rings is 1. The lowest BCUT2D eigenvalue weighted by Crippen LogP contribution is -2.31. The number of urea groups is 1. The molecule has 0 spiro atoms. The van der Waals surface area contributed by atoms with Gasteiger partial charge >= 0.3 is 6.03 Å². The Balaban J connectivity index is 1.69. The fourth-order valence-corrected chi connectivity index (χ4v) is 2.80. The number of rotatable bonds is 3. The summed E-state index contributed by atoms with van der Waals surface area (Å²) < 4.78 is 5.97. The molecule has 2 aromatic rings. The van der Waals surface area contributed by atoms with Crippen molar-refractivity contribution in [1.82, 2.24) is 10.3 Å². The zero-order valence-corrected chi connectivity index (χ0v) is 13.6. The molecule has 1 aromatic carbocycles. The molecule has 120 valence electrons. The predicted octanol–water partition coefficient (Wildman–Crippen LogP) is 3.68. The van der Waals surface area contributed by atoms with E-state index in [0.29, 0.717) is 5.69 Å². The average molecular weight is 311 g/mol. The van der Waals surface area contributed by atoms with Crippen LogP contribution in [0.15, 0.2) is 42.7 Å². The van der Waals surface area contributed by atoms with Gasteiger partial charge in [-0.3, -0.25) is 4.98 Å². The smallest absolute Gasteiger partial charge is 0.319 e. The molecule has 5 nitrogen and oxygen atoms in total. The number of carbonyl (C=O) groups excluding carboxylic acids is 1. The van der Waals surface area contributed by atoms with E-state index in [0.717, 1.165) is 23.3 Å². The van der Waals surface area contributed by atoms with Crippen molar-refractivity contribution < 1.29 is 9.53 Å². The molecule has 0 saturated carbocycles. The van der Waals surface area contributed by atoms with Crippen LogP contribution >= 0.6 is 0 Å². The van der Waals surface area contributed by atoms with Gasteiger partial charge in [-0.05, 0) is 44.5 Å². The van der Waals surface area contributed by atoms with E-state index >= 15 is 0 Å². The fraction of sp³-hybridized carbons (Fsp3) is 0.333. The summed E-state index contributed by atoms with van der Waals surface area (Å²) in [5.74, 6) is 0.768. The third-order valence-corrected chi connectivity index (χ3v) is 3.89. The van der Waals surface area contributed by atoms with Gasteiger partial charge in [-0.2, -0.15) is 0 Å².